The minimum atomic E-state index is -4.52. The molecule has 102 valence electrons. The fraction of sp³-hybridized carbons (Fsp3) is 0.455. The minimum absolute atomic E-state index is 0.118. The van der Waals surface area contributed by atoms with Crippen LogP contribution in [0, 0.1) is 0 Å². The van der Waals surface area contributed by atoms with Gasteiger partial charge in [-0.3, -0.25) is 0 Å². The molecule has 0 aliphatic heterocycles. The van der Waals surface area contributed by atoms with E-state index in [1.54, 1.807) is 0 Å². The zero-order valence-corrected chi connectivity index (χ0v) is 10.5. The van der Waals surface area contributed by atoms with Crippen molar-refractivity contribution in [1.82, 2.24) is 0 Å². The molecule has 0 heterocycles. The quantitative estimate of drug-likeness (QED) is 0.748. The average Bonchev–Trinajstić information content (AvgIpc) is 2.35. The number of halogens is 2. The van der Waals surface area contributed by atoms with Gasteiger partial charge in [-0.2, -0.15) is 8.78 Å². The number of benzene rings is 1. The van der Waals surface area contributed by atoms with E-state index >= 15 is 0 Å². The van der Waals surface area contributed by atoms with Gasteiger partial charge in [0.25, 0.3) is 0 Å². The van der Waals surface area contributed by atoms with Crippen LogP contribution >= 0.6 is 0 Å². The monoisotopic (exact) mass is 279 g/mol. The number of anilines is 1. The Morgan fingerprint density at radius 2 is 1.78 bits per heavy atom. The Morgan fingerprint density at radius 1 is 1.17 bits per heavy atom. The van der Waals surface area contributed by atoms with Crippen molar-refractivity contribution in [2.75, 3.05) is 18.5 Å². The molecule has 0 saturated heterocycles. The number of unbranched alkanes of at least 4 members (excludes halogenated alkanes) is 1. The number of hydrogen-bond donors (Lipinski definition) is 2. The van der Waals surface area contributed by atoms with E-state index in [-0.39, 0.29) is 6.61 Å². The molecule has 0 aromatic heterocycles. The summed E-state index contributed by atoms with van der Waals surface area (Å²) >= 11 is 0. The number of rotatable bonds is 7. The lowest BCUT2D eigenvalue weighted by atomic mass is 10.3. The molecule has 0 fully saturated rings. The maximum absolute atomic E-state index is 12.3. The maximum atomic E-state index is 12.3. The van der Waals surface area contributed by atoms with Crippen LogP contribution in [0.1, 0.15) is 12.8 Å². The number of aliphatic hydroxyl groups is 1. The Kier molecular flexibility index (Phi) is 5.49. The lowest BCUT2D eigenvalue weighted by molar-refractivity contribution is 0.234. The van der Waals surface area contributed by atoms with Gasteiger partial charge < -0.3 is 10.4 Å². The molecule has 0 unspecified atom stereocenters. The molecule has 18 heavy (non-hydrogen) atoms. The van der Waals surface area contributed by atoms with Crippen LogP contribution in [-0.4, -0.2) is 32.4 Å². The molecule has 1 rings (SSSR count). The number of hydrogen-bond acceptors (Lipinski definition) is 4. The molecule has 1 aromatic carbocycles. The van der Waals surface area contributed by atoms with Crippen LogP contribution in [0.2, 0.25) is 0 Å². The summed E-state index contributed by atoms with van der Waals surface area (Å²) < 4.78 is 46.8. The predicted molar refractivity (Wildman–Crippen MR) is 64.4 cm³/mol. The van der Waals surface area contributed by atoms with E-state index in [1.165, 1.54) is 12.1 Å². The summed E-state index contributed by atoms with van der Waals surface area (Å²) in [7, 11) is -4.52. The van der Waals surface area contributed by atoms with Crippen LogP contribution in [0.15, 0.2) is 29.2 Å². The Balaban J connectivity index is 2.63. The van der Waals surface area contributed by atoms with Gasteiger partial charge in [0.1, 0.15) is 0 Å². The molecule has 0 saturated carbocycles. The van der Waals surface area contributed by atoms with Crippen molar-refractivity contribution >= 4 is 15.5 Å². The van der Waals surface area contributed by atoms with Crippen molar-refractivity contribution in [3.8, 4) is 0 Å². The molecule has 7 heteroatoms. The second kappa shape index (κ2) is 6.65. The van der Waals surface area contributed by atoms with E-state index in [9.17, 15) is 17.2 Å². The predicted octanol–water partition coefficient (Wildman–Crippen LogP) is 1.87. The van der Waals surface area contributed by atoms with Crippen molar-refractivity contribution < 1.29 is 22.3 Å². The van der Waals surface area contributed by atoms with E-state index in [0.29, 0.717) is 18.7 Å². The smallest absolute Gasteiger partial charge is 0.341 e. The minimum Gasteiger partial charge on any atom is -0.396 e. The zero-order chi connectivity index (χ0) is 13.6. The molecule has 1 aromatic rings. The largest absolute Gasteiger partial charge is 0.396 e. The van der Waals surface area contributed by atoms with E-state index in [0.717, 1.165) is 18.6 Å². The van der Waals surface area contributed by atoms with Crippen molar-refractivity contribution in [2.24, 2.45) is 0 Å². The van der Waals surface area contributed by atoms with Crippen molar-refractivity contribution in [3.63, 3.8) is 0 Å². The number of alkyl halides is 2. The molecule has 0 atom stereocenters. The Morgan fingerprint density at radius 3 is 2.28 bits per heavy atom. The SMILES string of the molecule is O=S(=O)(c1ccc(NCCCCO)cc1)C(F)F. The van der Waals surface area contributed by atoms with Crippen LogP contribution < -0.4 is 5.32 Å². The van der Waals surface area contributed by atoms with Crippen molar-refractivity contribution in [1.29, 1.82) is 0 Å². The third kappa shape index (κ3) is 3.92. The highest BCUT2D eigenvalue weighted by molar-refractivity contribution is 7.91. The first-order valence-corrected chi connectivity index (χ1v) is 7.00. The van der Waals surface area contributed by atoms with Gasteiger partial charge in [0.15, 0.2) is 0 Å². The molecule has 0 bridgehead atoms. The summed E-state index contributed by atoms with van der Waals surface area (Å²) in [5.41, 5.74) is 0.654. The van der Waals surface area contributed by atoms with Crippen LogP contribution in [0.5, 0.6) is 0 Å². The van der Waals surface area contributed by atoms with E-state index in [4.69, 9.17) is 5.11 Å². The standard InChI is InChI=1S/C11H15F2NO3S/c12-11(13)18(16,17)10-5-3-9(4-6-10)14-7-1-2-8-15/h3-6,11,14-15H,1-2,7-8H2. The van der Waals surface area contributed by atoms with Crippen LogP contribution in [0.3, 0.4) is 0 Å². The average molecular weight is 279 g/mol. The normalized spacial score (nSPS) is 11.8. The first-order valence-electron chi connectivity index (χ1n) is 5.45. The third-order valence-electron chi connectivity index (χ3n) is 2.33. The van der Waals surface area contributed by atoms with Gasteiger partial charge in [-0.05, 0) is 37.1 Å². The van der Waals surface area contributed by atoms with E-state index in [1.807, 2.05) is 0 Å². The van der Waals surface area contributed by atoms with E-state index in [2.05, 4.69) is 5.32 Å². The Labute approximate surface area is 105 Å². The van der Waals surface area contributed by atoms with E-state index < -0.39 is 20.5 Å². The fourth-order valence-electron chi connectivity index (χ4n) is 1.33. The van der Waals surface area contributed by atoms with Gasteiger partial charge in [0.2, 0.25) is 9.84 Å². The molecule has 2 N–H and O–H groups in total. The molecule has 4 nitrogen and oxygen atoms in total. The van der Waals surface area contributed by atoms with Gasteiger partial charge in [0, 0.05) is 18.8 Å². The highest BCUT2D eigenvalue weighted by atomic mass is 32.2. The highest BCUT2D eigenvalue weighted by Crippen LogP contribution is 2.20. The molecule has 0 amide bonds. The Hall–Kier alpha value is -1.21. The summed E-state index contributed by atoms with van der Waals surface area (Å²) in [6, 6.07) is 5.17. The summed E-state index contributed by atoms with van der Waals surface area (Å²) in [5.74, 6) is -3.40. The fourth-order valence-corrected chi connectivity index (χ4v) is 2.06. The van der Waals surface area contributed by atoms with Crippen molar-refractivity contribution in [2.45, 2.75) is 23.5 Å². The molecule has 0 spiro atoms. The molecule has 0 aliphatic rings. The lowest BCUT2D eigenvalue weighted by Gasteiger charge is -2.07. The molecular weight excluding hydrogens is 264 g/mol. The second-order valence-electron chi connectivity index (χ2n) is 3.69. The summed E-state index contributed by atoms with van der Waals surface area (Å²) in [4.78, 5) is -0.390. The summed E-state index contributed by atoms with van der Waals surface area (Å²) in [6.45, 7) is 0.745. The van der Waals surface area contributed by atoms with Gasteiger partial charge >= 0.3 is 5.76 Å². The lowest BCUT2D eigenvalue weighted by Crippen LogP contribution is -2.11. The van der Waals surface area contributed by atoms with Crippen LogP contribution in [-0.2, 0) is 9.84 Å². The van der Waals surface area contributed by atoms with Gasteiger partial charge in [-0.15, -0.1) is 0 Å². The van der Waals surface area contributed by atoms with Gasteiger partial charge in [-0.25, -0.2) is 8.42 Å². The number of aliphatic hydroxyl groups excluding tert-OH is 1. The number of sulfone groups is 1. The highest BCUT2D eigenvalue weighted by Gasteiger charge is 2.26. The topological polar surface area (TPSA) is 66.4 Å². The molecule has 0 radical (unpaired) electrons. The maximum Gasteiger partial charge on any atom is 0.341 e. The first-order chi connectivity index (χ1) is 8.48. The Bertz CT molecular complexity index is 460. The summed E-state index contributed by atoms with van der Waals surface area (Å²) in [6.07, 6.45) is 1.44. The summed E-state index contributed by atoms with van der Waals surface area (Å²) in [5, 5.41) is 11.6. The number of nitrogens with one attached hydrogen (secondary N) is 1. The first kappa shape index (κ1) is 14.8. The molecule has 0 aliphatic carbocycles. The van der Waals surface area contributed by atoms with Gasteiger partial charge in [-0.1, -0.05) is 0 Å². The van der Waals surface area contributed by atoms with Crippen LogP contribution in [0.25, 0.3) is 0 Å². The molecular formula is C11H15F2NO3S. The van der Waals surface area contributed by atoms with Crippen molar-refractivity contribution in [3.05, 3.63) is 24.3 Å². The second-order valence-corrected chi connectivity index (χ2v) is 5.61. The third-order valence-corrected chi connectivity index (χ3v) is 3.73. The van der Waals surface area contributed by atoms with Gasteiger partial charge in [0.05, 0.1) is 4.90 Å². The zero-order valence-electron chi connectivity index (χ0n) is 9.64. The van der Waals surface area contributed by atoms with Crippen LogP contribution in [0.4, 0.5) is 14.5 Å².